The van der Waals surface area contributed by atoms with E-state index in [4.69, 9.17) is 0 Å². The summed E-state index contributed by atoms with van der Waals surface area (Å²) in [5.74, 6) is 0.175. The number of aliphatic hydroxyl groups is 1. The van der Waals surface area contributed by atoms with Gasteiger partial charge in [0.15, 0.2) is 5.13 Å². The SMILES string of the molecule is CNc1nc(-c2sc(CO)nc2CN2CCCC2=O)cs1. The molecular formula is C13H16N4O2S2. The van der Waals surface area contributed by atoms with E-state index in [1.54, 1.807) is 0 Å². The van der Waals surface area contributed by atoms with E-state index in [1.807, 2.05) is 17.3 Å². The molecule has 1 fully saturated rings. The summed E-state index contributed by atoms with van der Waals surface area (Å²) in [7, 11) is 1.83. The van der Waals surface area contributed by atoms with E-state index >= 15 is 0 Å². The maximum absolute atomic E-state index is 11.8. The van der Waals surface area contributed by atoms with E-state index in [0.717, 1.165) is 34.4 Å². The van der Waals surface area contributed by atoms with Gasteiger partial charge in [0.25, 0.3) is 0 Å². The molecule has 3 heterocycles. The van der Waals surface area contributed by atoms with Crippen LogP contribution in [0.3, 0.4) is 0 Å². The molecule has 21 heavy (non-hydrogen) atoms. The van der Waals surface area contributed by atoms with Gasteiger partial charge in [-0.3, -0.25) is 4.79 Å². The lowest BCUT2D eigenvalue weighted by Crippen LogP contribution is -2.24. The van der Waals surface area contributed by atoms with Crippen molar-refractivity contribution in [2.45, 2.75) is 26.0 Å². The monoisotopic (exact) mass is 324 g/mol. The number of hydrogen-bond donors (Lipinski definition) is 2. The lowest BCUT2D eigenvalue weighted by Gasteiger charge is -2.14. The second kappa shape index (κ2) is 6.08. The van der Waals surface area contributed by atoms with E-state index in [2.05, 4.69) is 15.3 Å². The number of hydrogen-bond acceptors (Lipinski definition) is 7. The molecule has 0 atom stereocenters. The third kappa shape index (κ3) is 2.92. The number of likely N-dealkylation sites (tertiary alicyclic amines) is 1. The molecule has 0 spiro atoms. The van der Waals surface area contributed by atoms with Gasteiger partial charge in [0.2, 0.25) is 5.91 Å². The maximum Gasteiger partial charge on any atom is 0.222 e. The van der Waals surface area contributed by atoms with Crippen LogP contribution in [-0.4, -0.2) is 39.5 Å². The Balaban J connectivity index is 1.91. The quantitative estimate of drug-likeness (QED) is 0.878. The number of aliphatic hydroxyl groups excluding tert-OH is 1. The normalized spacial score (nSPS) is 15.0. The molecule has 112 valence electrons. The van der Waals surface area contributed by atoms with E-state index in [-0.39, 0.29) is 12.5 Å². The van der Waals surface area contributed by atoms with Gasteiger partial charge in [0.05, 0.1) is 29.4 Å². The summed E-state index contributed by atoms with van der Waals surface area (Å²) in [4.78, 5) is 23.5. The Kier molecular flexibility index (Phi) is 4.18. The Morgan fingerprint density at radius 2 is 2.33 bits per heavy atom. The van der Waals surface area contributed by atoms with Crippen LogP contribution in [0.5, 0.6) is 0 Å². The minimum Gasteiger partial charge on any atom is -0.389 e. The van der Waals surface area contributed by atoms with E-state index in [1.165, 1.54) is 22.7 Å². The van der Waals surface area contributed by atoms with Gasteiger partial charge in [-0.25, -0.2) is 9.97 Å². The summed E-state index contributed by atoms with van der Waals surface area (Å²) < 4.78 is 0. The molecule has 0 saturated carbocycles. The molecule has 0 bridgehead atoms. The molecule has 0 aliphatic carbocycles. The van der Waals surface area contributed by atoms with Crippen LogP contribution in [-0.2, 0) is 17.9 Å². The molecule has 0 aromatic carbocycles. The fourth-order valence-corrected chi connectivity index (χ4v) is 3.95. The summed E-state index contributed by atoms with van der Waals surface area (Å²) in [5, 5.41) is 15.8. The Labute approximate surface area is 130 Å². The van der Waals surface area contributed by atoms with Gasteiger partial charge in [-0.15, -0.1) is 22.7 Å². The van der Waals surface area contributed by atoms with E-state index in [9.17, 15) is 9.90 Å². The highest BCUT2D eigenvalue weighted by Crippen LogP contribution is 2.33. The first-order chi connectivity index (χ1) is 10.2. The predicted octanol–water partition coefficient (Wildman–Crippen LogP) is 1.92. The number of thiazole rings is 2. The van der Waals surface area contributed by atoms with Crippen molar-refractivity contribution in [3.05, 3.63) is 16.1 Å². The second-order valence-electron chi connectivity index (χ2n) is 4.75. The number of amides is 1. The van der Waals surface area contributed by atoms with Crippen LogP contribution in [0.4, 0.5) is 5.13 Å². The molecule has 8 heteroatoms. The molecular weight excluding hydrogens is 308 g/mol. The first-order valence-electron chi connectivity index (χ1n) is 6.72. The number of rotatable bonds is 5. The number of nitrogens with one attached hydrogen (secondary N) is 1. The first kappa shape index (κ1) is 14.4. The van der Waals surface area contributed by atoms with E-state index < -0.39 is 0 Å². The van der Waals surface area contributed by atoms with Crippen LogP contribution in [0.2, 0.25) is 0 Å². The predicted molar refractivity (Wildman–Crippen MR) is 83.3 cm³/mol. The Morgan fingerprint density at radius 1 is 1.48 bits per heavy atom. The van der Waals surface area contributed by atoms with Crippen LogP contribution in [0, 0.1) is 0 Å². The van der Waals surface area contributed by atoms with Crippen molar-refractivity contribution in [1.29, 1.82) is 0 Å². The molecule has 2 aromatic rings. The van der Waals surface area contributed by atoms with Gasteiger partial charge in [0.1, 0.15) is 5.01 Å². The highest BCUT2D eigenvalue weighted by atomic mass is 32.1. The van der Waals surface area contributed by atoms with E-state index in [0.29, 0.717) is 18.0 Å². The number of carbonyl (C=O) groups excluding carboxylic acids is 1. The molecule has 0 unspecified atom stereocenters. The molecule has 1 amide bonds. The fraction of sp³-hybridized carbons (Fsp3) is 0.462. The minimum atomic E-state index is -0.0887. The van der Waals surface area contributed by atoms with Crippen molar-refractivity contribution in [1.82, 2.24) is 14.9 Å². The van der Waals surface area contributed by atoms with Crippen molar-refractivity contribution < 1.29 is 9.90 Å². The average Bonchev–Trinajstić information content (AvgIpc) is 3.19. The van der Waals surface area contributed by atoms with Gasteiger partial charge in [-0.2, -0.15) is 0 Å². The molecule has 2 N–H and O–H groups in total. The van der Waals surface area contributed by atoms with Gasteiger partial charge in [-0.05, 0) is 6.42 Å². The summed E-state index contributed by atoms with van der Waals surface area (Å²) >= 11 is 2.97. The van der Waals surface area contributed by atoms with Crippen molar-refractivity contribution in [2.24, 2.45) is 0 Å². The fourth-order valence-electron chi connectivity index (χ4n) is 2.32. The lowest BCUT2D eigenvalue weighted by atomic mass is 10.3. The third-order valence-corrected chi connectivity index (χ3v) is 5.30. The van der Waals surface area contributed by atoms with Crippen molar-refractivity contribution in [3.63, 3.8) is 0 Å². The zero-order valence-corrected chi connectivity index (χ0v) is 13.3. The van der Waals surface area contributed by atoms with Crippen LogP contribution in [0.1, 0.15) is 23.5 Å². The minimum absolute atomic E-state index is 0.0887. The summed E-state index contributed by atoms with van der Waals surface area (Å²) in [6, 6.07) is 0. The van der Waals surface area contributed by atoms with Crippen molar-refractivity contribution >= 4 is 33.7 Å². The number of nitrogens with zero attached hydrogens (tertiary/aromatic N) is 3. The Bertz CT molecular complexity index is 652. The smallest absolute Gasteiger partial charge is 0.222 e. The van der Waals surface area contributed by atoms with Gasteiger partial charge in [-0.1, -0.05) is 0 Å². The summed E-state index contributed by atoms with van der Waals surface area (Å²) in [6.07, 6.45) is 1.53. The van der Waals surface area contributed by atoms with Crippen LogP contribution in [0.25, 0.3) is 10.6 Å². The zero-order valence-electron chi connectivity index (χ0n) is 11.6. The van der Waals surface area contributed by atoms with Gasteiger partial charge < -0.3 is 15.3 Å². The molecule has 1 aliphatic rings. The molecule has 6 nitrogen and oxygen atoms in total. The van der Waals surface area contributed by atoms with Crippen LogP contribution in [0.15, 0.2) is 5.38 Å². The van der Waals surface area contributed by atoms with Crippen LogP contribution >= 0.6 is 22.7 Å². The molecule has 1 aliphatic heterocycles. The average molecular weight is 324 g/mol. The molecule has 2 aromatic heterocycles. The second-order valence-corrected chi connectivity index (χ2v) is 6.69. The van der Waals surface area contributed by atoms with Crippen molar-refractivity contribution in [2.75, 3.05) is 18.9 Å². The topological polar surface area (TPSA) is 78.4 Å². The zero-order chi connectivity index (χ0) is 14.8. The molecule has 3 rings (SSSR count). The maximum atomic E-state index is 11.8. The number of aromatic nitrogens is 2. The number of anilines is 1. The summed E-state index contributed by atoms with van der Waals surface area (Å²) in [5.41, 5.74) is 1.68. The van der Waals surface area contributed by atoms with Gasteiger partial charge in [0, 0.05) is 25.4 Å². The van der Waals surface area contributed by atoms with Crippen LogP contribution < -0.4 is 5.32 Å². The molecule has 0 radical (unpaired) electrons. The van der Waals surface area contributed by atoms with Gasteiger partial charge >= 0.3 is 0 Å². The molecule has 1 saturated heterocycles. The Morgan fingerprint density at radius 3 is 2.95 bits per heavy atom. The third-order valence-electron chi connectivity index (χ3n) is 3.34. The highest BCUT2D eigenvalue weighted by molar-refractivity contribution is 7.16. The first-order valence-corrected chi connectivity index (χ1v) is 8.41. The van der Waals surface area contributed by atoms with Crippen molar-refractivity contribution in [3.8, 4) is 10.6 Å². The Hall–Kier alpha value is -1.51. The highest BCUT2D eigenvalue weighted by Gasteiger charge is 2.24. The standard InChI is InChI=1S/C13H16N4O2S2/c1-14-13-16-9(7-20-13)12-8(15-10(6-18)21-12)5-17-4-2-3-11(17)19/h7,18H,2-6H2,1H3,(H,14,16). The summed E-state index contributed by atoms with van der Waals surface area (Å²) in [6.45, 7) is 1.19. The lowest BCUT2D eigenvalue weighted by molar-refractivity contribution is -0.128. The largest absolute Gasteiger partial charge is 0.389 e. The number of carbonyl (C=O) groups is 1.